The van der Waals surface area contributed by atoms with E-state index in [1.54, 1.807) is 0 Å². The summed E-state index contributed by atoms with van der Waals surface area (Å²) in [7, 11) is 0. The second-order valence-corrected chi connectivity index (χ2v) is 5.48. The standard InChI is InChI=1S/C11H16N2OS/c12-7-3-1-5-9-10(7)13-11(15-9)8-4-2-6-14-8/h7-8H,1-6,12H2. The number of nitrogens with two attached hydrogens (primary N) is 1. The molecule has 2 N–H and O–H groups in total. The average molecular weight is 224 g/mol. The van der Waals surface area contributed by atoms with Crippen molar-refractivity contribution in [3.63, 3.8) is 0 Å². The fraction of sp³-hybridized carbons (Fsp3) is 0.727. The van der Waals surface area contributed by atoms with Crippen molar-refractivity contribution in [2.24, 2.45) is 5.73 Å². The van der Waals surface area contributed by atoms with Crippen molar-refractivity contribution in [3.8, 4) is 0 Å². The van der Waals surface area contributed by atoms with Crippen molar-refractivity contribution in [1.29, 1.82) is 0 Å². The number of aromatic nitrogens is 1. The molecule has 1 aromatic rings. The number of rotatable bonds is 1. The highest BCUT2D eigenvalue weighted by atomic mass is 32.1. The van der Waals surface area contributed by atoms with Gasteiger partial charge >= 0.3 is 0 Å². The highest BCUT2D eigenvalue weighted by Gasteiger charge is 2.26. The van der Waals surface area contributed by atoms with Crippen LogP contribution in [0.2, 0.25) is 0 Å². The van der Waals surface area contributed by atoms with Gasteiger partial charge in [0.2, 0.25) is 0 Å². The van der Waals surface area contributed by atoms with Crippen molar-refractivity contribution >= 4 is 11.3 Å². The Morgan fingerprint density at radius 2 is 2.27 bits per heavy atom. The van der Waals surface area contributed by atoms with E-state index in [0.717, 1.165) is 36.6 Å². The molecule has 1 fully saturated rings. The normalized spacial score (nSPS) is 30.5. The van der Waals surface area contributed by atoms with E-state index in [1.807, 2.05) is 11.3 Å². The van der Waals surface area contributed by atoms with Crippen LogP contribution in [-0.4, -0.2) is 11.6 Å². The third-order valence-electron chi connectivity index (χ3n) is 3.22. The van der Waals surface area contributed by atoms with E-state index in [-0.39, 0.29) is 12.1 Å². The van der Waals surface area contributed by atoms with Crippen molar-refractivity contribution in [1.82, 2.24) is 4.98 Å². The quantitative estimate of drug-likeness (QED) is 0.796. The van der Waals surface area contributed by atoms with Crippen molar-refractivity contribution in [2.45, 2.75) is 44.2 Å². The van der Waals surface area contributed by atoms with E-state index in [2.05, 4.69) is 4.98 Å². The molecule has 4 heteroatoms. The van der Waals surface area contributed by atoms with E-state index in [9.17, 15) is 0 Å². The molecule has 82 valence electrons. The molecule has 2 heterocycles. The Labute approximate surface area is 93.7 Å². The number of nitrogens with zero attached hydrogens (tertiary/aromatic N) is 1. The van der Waals surface area contributed by atoms with Crippen LogP contribution >= 0.6 is 11.3 Å². The Kier molecular flexibility index (Phi) is 2.50. The molecule has 0 bridgehead atoms. The Hall–Kier alpha value is -0.450. The third-order valence-corrected chi connectivity index (χ3v) is 4.44. The molecule has 1 aliphatic heterocycles. The van der Waals surface area contributed by atoms with Gasteiger partial charge in [0.25, 0.3) is 0 Å². The maximum atomic E-state index is 6.06. The monoisotopic (exact) mass is 224 g/mol. The van der Waals surface area contributed by atoms with Crippen molar-refractivity contribution < 1.29 is 4.74 Å². The summed E-state index contributed by atoms with van der Waals surface area (Å²) in [6.45, 7) is 0.890. The number of fused-ring (bicyclic) bond motifs is 1. The molecule has 0 saturated carbocycles. The summed E-state index contributed by atoms with van der Waals surface area (Å²) >= 11 is 1.82. The van der Waals surface area contributed by atoms with Gasteiger partial charge in [-0.25, -0.2) is 4.98 Å². The van der Waals surface area contributed by atoms with Crippen LogP contribution in [0.1, 0.15) is 53.4 Å². The van der Waals surface area contributed by atoms with Crippen LogP contribution in [0.15, 0.2) is 0 Å². The summed E-state index contributed by atoms with van der Waals surface area (Å²) in [4.78, 5) is 6.08. The molecule has 0 aromatic carbocycles. The van der Waals surface area contributed by atoms with E-state index >= 15 is 0 Å². The topological polar surface area (TPSA) is 48.1 Å². The summed E-state index contributed by atoms with van der Waals surface area (Å²) < 4.78 is 5.66. The summed E-state index contributed by atoms with van der Waals surface area (Å²) in [5.41, 5.74) is 7.21. The minimum atomic E-state index is 0.167. The number of hydrogen-bond acceptors (Lipinski definition) is 4. The molecule has 1 aliphatic carbocycles. The molecule has 15 heavy (non-hydrogen) atoms. The van der Waals surface area contributed by atoms with Crippen molar-refractivity contribution in [3.05, 3.63) is 15.6 Å². The number of thiazole rings is 1. The van der Waals surface area contributed by atoms with E-state index in [4.69, 9.17) is 10.5 Å². The average Bonchev–Trinajstić information content (AvgIpc) is 2.86. The largest absolute Gasteiger partial charge is 0.371 e. The van der Waals surface area contributed by atoms with E-state index in [0.29, 0.717) is 0 Å². The first-order valence-electron chi connectivity index (χ1n) is 5.71. The SMILES string of the molecule is NC1CCCc2sc(C3CCCO3)nc21. The van der Waals surface area contributed by atoms with Gasteiger partial charge in [0.1, 0.15) is 11.1 Å². The lowest BCUT2D eigenvalue weighted by atomic mass is 9.99. The highest BCUT2D eigenvalue weighted by Crippen LogP contribution is 2.37. The number of ether oxygens (including phenoxy) is 1. The molecule has 0 radical (unpaired) electrons. The molecule has 3 nitrogen and oxygen atoms in total. The Balaban J connectivity index is 1.90. The van der Waals surface area contributed by atoms with Gasteiger partial charge in [-0.2, -0.15) is 0 Å². The van der Waals surface area contributed by atoms with Crippen LogP contribution in [0, 0.1) is 0 Å². The summed E-state index contributed by atoms with van der Waals surface area (Å²) in [5, 5.41) is 1.16. The Morgan fingerprint density at radius 3 is 3.00 bits per heavy atom. The van der Waals surface area contributed by atoms with Crippen LogP contribution in [0.5, 0.6) is 0 Å². The zero-order valence-electron chi connectivity index (χ0n) is 8.74. The third kappa shape index (κ3) is 1.71. The van der Waals surface area contributed by atoms with Gasteiger partial charge in [0.15, 0.2) is 0 Å². The van der Waals surface area contributed by atoms with Crippen LogP contribution in [0.4, 0.5) is 0 Å². The molecular weight excluding hydrogens is 208 g/mol. The molecule has 0 amide bonds. The Bertz CT molecular complexity index is 357. The maximum Gasteiger partial charge on any atom is 0.122 e. The lowest BCUT2D eigenvalue weighted by Crippen LogP contribution is -2.16. The number of hydrogen-bond donors (Lipinski definition) is 1. The zero-order valence-corrected chi connectivity index (χ0v) is 9.55. The lowest BCUT2D eigenvalue weighted by Gasteiger charge is -2.15. The van der Waals surface area contributed by atoms with Crippen LogP contribution in [0.3, 0.4) is 0 Å². The van der Waals surface area contributed by atoms with Gasteiger partial charge in [0.05, 0.1) is 5.69 Å². The van der Waals surface area contributed by atoms with Crippen LogP contribution < -0.4 is 5.73 Å². The fourth-order valence-electron chi connectivity index (χ4n) is 2.38. The molecule has 2 aliphatic rings. The molecule has 3 rings (SSSR count). The summed E-state index contributed by atoms with van der Waals surface area (Å²) in [5.74, 6) is 0. The van der Waals surface area contributed by atoms with Gasteiger partial charge in [-0.05, 0) is 32.1 Å². The second kappa shape index (κ2) is 3.85. The van der Waals surface area contributed by atoms with Gasteiger partial charge in [0, 0.05) is 17.5 Å². The maximum absolute atomic E-state index is 6.06. The van der Waals surface area contributed by atoms with Crippen LogP contribution in [-0.2, 0) is 11.2 Å². The summed E-state index contributed by atoms with van der Waals surface area (Å²) in [6.07, 6.45) is 6.01. The van der Waals surface area contributed by atoms with Gasteiger partial charge in [-0.1, -0.05) is 0 Å². The fourth-order valence-corrected chi connectivity index (χ4v) is 3.64. The highest BCUT2D eigenvalue weighted by molar-refractivity contribution is 7.11. The lowest BCUT2D eigenvalue weighted by molar-refractivity contribution is 0.111. The van der Waals surface area contributed by atoms with Gasteiger partial charge in [-0.3, -0.25) is 0 Å². The smallest absolute Gasteiger partial charge is 0.122 e. The van der Waals surface area contributed by atoms with Gasteiger partial charge < -0.3 is 10.5 Å². The van der Waals surface area contributed by atoms with Crippen LogP contribution in [0.25, 0.3) is 0 Å². The molecule has 0 spiro atoms. The second-order valence-electron chi connectivity index (χ2n) is 4.36. The Morgan fingerprint density at radius 1 is 1.33 bits per heavy atom. The first kappa shape index (κ1) is 9.75. The predicted molar refractivity (Wildman–Crippen MR) is 59.9 cm³/mol. The minimum Gasteiger partial charge on any atom is -0.371 e. The molecule has 1 aromatic heterocycles. The zero-order chi connectivity index (χ0) is 10.3. The first-order valence-corrected chi connectivity index (χ1v) is 6.53. The van der Waals surface area contributed by atoms with Gasteiger partial charge in [-0.15, -0.1) is 11.3 Å². The summed E-state index contributed by atoms with van der Waals surface area (Å²) in [6, 6.07) is 0.167. The first-order chi connectivity index (χ1) is 7.34. The number of aryl methyl sites for hydroxylation is 1. The predicted octanol–water partition coefficient (Wildman–Crippen LogP) is 2.33. The van der Waals surface area contributed by atoms with E-state index in [1.165, 1.54) is 17.7 Å². The minimum absolute atomic E-state index is 0.167. The molecular formula is C11H16N2OS. The van der Waals surface area contributed by atoms with Crippen molar-refractivity contribution in [2.75, 3.05) is 6.61 Å². The van der Waals surface area contributed by atoms with E-state index < -0.39 is 0 Å². The molecule has 2 atom stereocenters. The molecule has 2 unspecified atom stereocenters. The molecule has 1 saturated heterocycles.